The van der Waals surface area contributed by atoms with Crippen LogP contribution in [0.2, 0.25) is 0 Å². The first kappa shape index (κ1) is 13.5. The lowest BCUT2D eigenvalue weighted by molar-refractivity contribution is -0.143. The van der Waals surface area contributed by atoms with Gasteiger partial charge in [-0.15, -0.1) is 0 Å². The number of piperidine rings is 1. The highest BCUT2D eigenvalue weighted by Gasteiger charge is 2.44. The van der Waals surface area contributed by atoms with Crippen molar-refractivity contribution in [3.8, 4) is 0 Å². The summed E-state index contributed by atoms with van der Waals surface area (Å²) in [5, 5.41) is 3.34. The molecule has 5 heteroatoms. The third kappa shape index (κ3) is 2.43. The number of rotatable bonds is 2. The predicted molar refractivity (Wildman–Crippen MR) is 75.4 cm³/mol. The van der Waals surface area contributed by atoms with Crippen LogP contribution in [0.3, 0.4) is 0 Å². The fourth-order valence-corrected chi connectivity index (χ4v) is 3.15. The molecule has 2 fully saturated rings. The average molecular weight is 275 g/mol. The van der Waals surface area contributed by atoms with Crippen LogP contribution in [0.5, 0.6) is 0 Å². The Hall–Kier alpha value is -1.46. The molecule has 1 N–H and O–H groups in total. The molecule has 2 aliphatic heterocycles. The summed E-state index contributed by atoms with van der Waals surface area (Å²) in [5.74, 6) is 0.223. The molecule has 2 saturated heterocycles. The molecule has 2 aliphatic rings. The van der Waals surface area contributed by atoms with E-state index in [-0.39, 0.29) is 5.91 Å². The molecule has 0 aromatic carbocycles. The maximum atomic E-state index is 13.1. The van der Waals surface area contributed by atoms with Gasteiger partial charge in [0.05, 0.1) is 24.3 Å². The van der Waals surface area contributed by atoms with E-state index in [9.17, 15) is 4.79 Å². The molecular formula is C15H21N3O2. The molecule has 0 saturated carbocycles. The fourth-order valence-electron chi connectivity index (χ4n) is 3.15. The van der Waals surface area contributed by atoms with E-state index in [4.69, 9.17) is 4.74 Å². The molecule has 0 aliphatic carbocycles. The molecule has 0 radical (unpaired) electrons. The standard InChI is InChI=1S/C15H21N3O2/c19-14(18-9-11-20-12-10-18)15(4-7-16-8-5-15)13-3-1-2-6-17-13/h1-3,6,16H,4-5,7-12H2. The van der Waals surface area contributed by atoms with Gasteiger partial charge in [0.2, 0.25) is 5.91 Å². The minimum Gasteiger partial charge on any atom is -0.378 e. The molecule has 1 aromatic rings. The molecule has 5 nitrogen and oxygen atoms in total. The first-order valence-electron chi connectivity index (χ1n) is 7.32. The Kier molecular flexibility index (Phi) is 3.98. The Morgan fingerprint density at radius 2 is 2.00 bits per heavy atom. The summed E-state index contributed by atoms with van der Waals surface area (Å²) in [4.78, 5) is 19.5. The highest BCUT2D eigenvalue weighted by atomic mass is 16.5. The molecule has 0 bridgehead atoms. The summed E-state index contributed by atoms with van der Waals surface area (Å²) in [7, 11) is 0. The van der Waals surface area contributed by atoms with E-state index in [0.717, 1.165) is 31.6 Å². The van der Waals surface area contributed by atoms with Crippen LogP contribution in [0.25, 0.3) is 0 Å². The number of hydrogen-bond donors (Lipinski definition) is 1. The Labute approximate surface area is 119 Å². The molecular weight excluding hydrogens is 254 g/mol. The SMILES string of the molecule is O=C(N1CCOCC1)C1(c2ccccn2)CCNCC1. The van der Waals surface area contributed by atoms with Crippen molar-refractivity contribution >= 4 is 5.91 Å². The van der Waals surface area contributed by atoms with Crippen LogP contribution in [0, 0.1) is 0 Å². The summed E-state index contributed by atoms with van der Waals surface area (Å²) in [6.07, 6.45) is 3.42. The lowest BCUT2D eigenvalue weighted by atomic mass is 9.74. The van der Waals surface area contributed by atoms with Crippen molar-refractivity contribution in [3.63, 3.8) is 0 Å². The molecule has 0 spiro atoms. The third-order valence-corrected chi connectivity index (χ3v) is 4.32. The van der Waals surface area contributed by atoms with Gasteiger partial charge in [-0.3, -0.25) is 9.78 Å². The monoisotopic (exact) mass is 275 g/mol. The van der Waals surface area contributed by atoms with E-state index in [1.54, 1.807) is 6.20 Å². The number of amides is 1. The van der Waals surface area contributed by atoms with Gasteiger partial charge in [0.1, 0.15) is 0 Å². The molecule has 20 heavy (non-hydrogen) atoms. The molecule has 0 unspecified atom stereocenters. The first-order chi connectivity index (χ1) is 9.83. The summed E-state index contributed by atoms with van der Waals surface area (Å²) in [6, 6.07) is 5.86. The zero-order valence-corrected chi connectivity index (χ0v) is 11.7. The Balaban J connectivity index is 1.91. The summed E-state index contributed by atoms with van der Waals surface area (Å²) in [5.41, 5.74) is 0.460. The maximum Gasteiger partial charge on any atom is 0.235 e. The van der Waals surface area contributed by atoms with Crippen molar-refractivity contribution in [2.24, 2.45) is 0 Å². The number of carbonyl (C=O) groups excluding carboxylic acids is 1. The normalized spacial score (nSPS) is 22.5. The van der Waals surface area contributed by atoms with Crippen molar-refractivity contribution in [1.82, 2.24) is 15.2 Å². The Morgan fingerprint density at radius 1 is 1.25 bits per heavy atom. The van der Waals surface area contributed by atoms with Gasteiger partial charge in [-0.25, -0.2) is 0 Å². The summed E-state index contributed by atoms with van der Waals surface area (Å²) < 4.78 is 5.35. The third-order valence-electron chi connectivity index (χ3n) is 4.32. The lowest BCUT2D eigenvalue weighted by Crippen LogP contribution is -2.54. The average Bonchev–Trinajstić information content (AvgIpc) is 2.56. The number of nitrogens with zero attached hydrogens (tertiary/aromatic N) is 2. The van der Waals surface area contributed by atoms with E-state index in [0.29, 0.717) is 26.3 Å². The molecule has 0 atom stereocenters. The second-order valence-electron chi connectivity index (χ2n) is 5.45. The minimum atomic E-state index is -0.455. The minimum absolute atomic E-state index is 0.223. The van der Waals surface area contributed by atoms with Gasteiger partial charge >= 0.3 is 0 Å². The summed E-state index contributed by atoms with van der Waals surface area (Å²) in [6.45, 7) is 4.41. The van der Waals surface area contributed by atoms with Crippen LogP contribution in [-0.4, -0.2) is 55.2 Å². The van der Waals surface area contributed by atoms with Gasteiger partial charge in [0.15, 0.2) is 0 Å². The van der Waals surface area contributed by atoms with Gasteiger partial charge in [-0.05, 0) is 38.1 Å². The van der Waals surface area contributed by atoms with Crippen LogP contribution in [-0.2, 0) is 14.9 Å². The molecule has 108 valence electrons. The number of nitrogens with one attached hydrogen (secondary N) is 1. The summed E-state index contributed by atoms with van der Waals surface area (Å²) >= 11 is 0. The zero-order valence-electron chi connectivity index (χ0n) is 11.7. The van der Waals surface area contributed by atoms with Crippen LogP contribution in [0.15, 0.2) is 24.4 Å². The van der Waals surface area contributed by atoms with Crippen molar-refractivity contribution < 1.29 is 9.53 Å². The van der Waals surface area contributed by atoms with Gasteiger partial charge in [-0.1, -0.05) is 6.07 Å². The van der Waals surface area contributed by atoms with Gasteiger partial charge in [-0.2, -0.15) is 0 Å². The van der Waals surface area contributed by atoms with Crippen LogP contribution in [0.1, 0.15) is 18.5 Å². The second-order valence-corrected chi connectivity index (χ2v) is 5.45. The van der Waals surface area contributed by atoms with Gasteiger partial charge < -0.3 is 15.0 Å². The van der Waals surface area contributed by atoms with Crippen LogP contribution < -0.4 is 5.32 Å². The molecule has 1 amide bonds. The van der Waals surface area contributed by atoms with Crippen molar-refractivity contribution in [3.05, 3.63) is 30.1 Å². The number of aromatic nitrogens is 1. The highest BCUT2D eigenvalue weighted by Crippen LogP contribution is 2.34. The quantitative estimate of drug-likeness (QED) is 0.857. The van der Waals surface area contributed by atoms with E-state index in [1.165, 1.54) is 0 Å². The smallest absolute Gasteiger partial charge is 0.235 e. The number of ether oxygens (including phenoxy) is 1. The first-order valence-corrected chi connectivity index (χ1v) is 7.32. The lowest BCUT2D eigenvalue weighted by Gasteiger charge is -2.40. The number of hydrogen-bond acceptors (Lipinski definition) is 4. The highest BCUT2D eigenvalue weighted by molar-refractivity contribution is 5.88. The topological polar surface area (TPSA) is 54.5 Å². The predicted octanol–water partition coefficient (Wildman–Crippen LogP) is 0.562. The van der Waals surface area contributed by atoms with E-state index in [2.05, 4.69) is 10.3 Å². The molecule has 1 aromatic heterocycles. The Morgan fingerprint density at radius 3 is 2.65 bits per heavy atom. The van der Waals surface area contributed by atoms with Gasteiger partial charge in [0.25, 0.3) is 0 Å². The van der Waals surface area contributed by atoms with Gasteiger partial charge in [0, 0.05) is 19.3 Å². The van der Waals surface area contributed by atoms with Crippen LogP contribution in [0.4, 0.5) is 0 Å². The zero-order chi connectivity index (χ0) is 13.8. The van der Waals surface area contributed by atoms with E-state index >= 15 is 0 Å². The van der Waals surface area contributed by atoms with Crippen LogP contribution >= 0.6 is 0 Å². The Bertz CT molecular complexity index is 451. The maximum absolute atomic E-state index is 13.1. The van der Waals surface area contributed by atoms with Crippen molar-refractivity contribution in [2.75, 3.05) is 39.4 Å². The number of pyridine rings is 1. The number of morpholine rings is 1. The van der Waals surface area contributed by atoms with E-state index in [1.807, 2.05) is 23.1 Å². The fraction of sp³-hybridized carbons (Fsp3) is 0.600. The molecule has 3 heterocycles. The molecule has 3 rings (SSSR count). The largest absolute Gasteiger partial charge is 0.378 e. The van der Waals surface area contributed by atoms with E-state index < -0.39 is 5.41 Å². The second kappa shape index (κ2) is 5.89. The van der Waals surface area contributed by atoms with Crippen molar-refractivity contribution in [1.29, 1.82) is 0 Å². The number of carbonyl (C=O) groups is 1. The van der Waals surface area contributed by atoms with Crippen molar-refractivity contribution in [2.45, 2.75) is 18.3 Å².